The summed E-state index contributed by atoms with van der Waals surface area (Å²) in [6.45, 7) is 6.06. The van der Waals surface area contributed by atoms with Crippen molar-refractivity contribution in [1.29, 1.82) is 0 Å². The van der Waals surface area contributed by atoms with Crippen LogP contribution in [0.3, 0.4) is 0 Å². The molecule has 0 amide bonds. The van der Waals surface area contributed by atoms with Gasteiger partial charge in [-0.2, -0.15) is 0 Å². The van der Waals surface area contributed by atoms with Gasteiger partial charge in [0.25, 0.3) is 0 Å². The first kappa shape index (κ1) is 15.2. The maximum atomic E-state index is 11.6. The first-order valence-corrected chi connectivity index (χ1v) is 8.08. The Kier molecular flexibility index (Phi) is 4.93. The molecule has 0 heterocycles. The average molecular weight is 269 g/mol. The number of nitrogens with one attached hydrogen (secondary N) is 1. The normalized spacial score (nSPS) is 14.4. The molecule has 1 unspecified atom stereocenters. The number of rotatable bonds is 6. The molecule has 0 bridgehead atoms. The van der Waals surface area contributed by atoms with E-state index in [2.05, 4.69) is 24.4 Å². The fourth-order valence-electron chi connectivity index (χ4n) is 1.59. The van der Waals surface area contributed by atoms with Gasteiger partial charge in [0.15, 0.2) is 9.84 Å². The lowest BCUT2D eigenvalue weighted by molar-refractivity contribution is 0.478. The van der Waals surface area contributed by atoms with Crippen LogP contribution in [0.1, 0.15) is 26.3 Å². The molecule has 1 rings (SSSR count). The third-order valence-corrected chi connectivity index (χ3v) is 5.42. The SMILES string of the molecule is CC(Cc1ccccc1)NCC(C)(C)S(C)(=O)=O. The van der Waals surface area contributed by atoms with Crippen molar-refractivity contribution in [3.8, 4) is 0 Å². The molecule has 102 valence electrons. The second-order valence-corrected chi connectivity index (χ2v) is 8.15. The summed E-state index contributed by atoms with van der Waals surface area (Å²) in [5, 5.41) is 3.30. The zero-order valence-electron chi connectivity index (χ0n) is 11.6. The molecule has 4 heteroatoms. The third-order valence-electron chi connectivity index (χ3n) is 3.26. The van der Waals surface area contributed by atoms with Gasteiger partial charge in [0.2, 0.25) is 0 Å². The summed E-state index contributed by atoms with van der Waals surface area (Å²) in [5.74, 6) is 0. The molecule has 1 aromatic rings. The van der Waals surface area contributed by atoms with Gasteiger partial charge in [-0.15, -0.1) is 0 Å². The number of sulfone groups is 1. The fourth-order valence-corrected chi connectivity index (χ4v) is 1.94. The predicted octanol–water partition coefficient (Wildman–Crippen LogP) is 2.03. The van der Waals surface area contributed by atoms with E-state index < -0.39 is 14.6 Å². The standard InChI is InChI=1S/C14H23NO2S/c1-12(10-13-8-6-5-7-9-13)15-11-14(2,3)18(4,16)17/h5-9,12,15H,10-11H2,1-4H3. The zero-order chi connectivity index (χ0) is 13.8. The highest BCUT2D eigenvalue weighted by molar-refractivity contribution is 7.92. The lowest BCUT2D eigenvalue weighted by Gasteiger charge is -2.25. The lowest BCUT2D eigenvalue weighted by Crippen LogP contribution is -2.45. The number of benzene rings is 1. The minimum Gasteiger partial charge on any atom is -0.312 e. The van der Waals surface area contributed by atoms with Crippen molar-refractivity contribution in [1.82, 2.24) is 5.32 Å². The van der Waals surface area contributed by atoms with Gasteiger partial charge in [-0.1, -0.05) is 30.3 Å². The van der Waals surface area contributed by atoms with Crippen LogP contribution in [0.4, 0.5) is 0 Å². The molecule has 0 aliphatic rings. The van der Waals surface area contributed by atoms with Crippen LogP contribution in [0.25, 0.3) is 0 Å². The molecule has 18 heavy (non-hydrogen) atoms. The first-order valence-electron chi connectivity index (χ1n) is 6.19. The van der Waals surface area contributed by atoms with Gasteiger partial charge in [0, 0.05) is 18.8 Å². The van der Waals surface area contributed by atoms with Crippen molar-refractivity contribution >= 4 is 9.84 Å². The summed E-state index contributed by atoms with van der Waals surface area (Å²) >= 11 is 0. The van der Waals surface area contributed by atoms with Gasteiger partial charge in [0.1, 0.15) is 0 Å². The predicted molar refractivity (Wildman–Crippen MR) is 76.5 cm³/mol. The molecule has 1 N–H and O–H groups in total. The largest absolute Gasteiger partial charge is 0.312 e. The molecule has 3 nitrogen and oxygen atoms in total. The van der Waals surface area contributed by atoms with Crippen LogP contribution in [0, 0.1) is 0 Å². The summed E-state index contributed by atoms with van der Waals surface area (Å²) < 4.78 is 22.4. The van der Waals surface area contributed by atoms with Crippen molar-refractivity contribution in [2.45, 2.75) is 38.0 Å². The van der Waals surface area contributed by atoms with Crippen LogP contribution in [-0.4, -0.2) is 32.0 Å². The maximum absolute atomic E-state index is 11.6. The Labute approximate surface area is 111 Å². The molecule has 0 aliphatic heterocycles. The van der Waals surface area contributed by atoms with Crippen LogP contribution < -0.4 is 5.32 Å². The van der Waals surface area contributed by atoms with Gasteiger partial charge in [-0.3, -0.25) is 0 Å². The van der Waals surface area contributed by atoms with Gasteiger partial charge in [-0.25, -0.2) is 8.42 Å². The quantitative estimate of drug-likeness (QED) is 0.859. The highest BCUT2D eigenvalue weighted by atomic mass is 32.2. The maximum Gasteiger partial charge on any atom is 0.153 e. The van der Waals surface area contributed by atoms with E-state index in [1.807, 2.05) is 18.2 Å². The van der Waals surface area contributed by atoms with Crippen molar-refractivity contribution in [2.75, 3.05) is 12.8 Å². The minimum absolute atomic E-state index is 0.258. The van der Waals surface area contributed by atoms with Crippen molar-refractivity contribution in [3.05, 3.63) is 35.9 Å². The molecule has 0 aliphatic carbocycles. The Balaban J connectivity index is 2.50. The van der Waals surface area contributed by atoms with E-state index >= 15 is 0 Å². The highest BCUT2D eigenvalue weighted by Crippen LogP contribution is 2.14. The van der Waals surface area contributed by atoms with E-state index in [0.717, 1.165) is 6.42 Å². The second-order valence-electron chi connectivity index (χ2n) is 5.50. The third kappa shape index (κ3) is 4.42. The molecular weight excluding hydrogens is 246 g/mol. The molecule has 1 atom stereocenters. The van der Waals surface area contributed by atoms with Crippen LogP contribution in [-0.2, 0) is 16.3 Å². The monoisotopic (exact) mass is 269 g/mol. The fraction of sp³-hybridized carbons (Fsp3) is 0.571. The Bertz CT molecular complexity index is 466. The minimum atomic E-state index is -3.03. The van der Waals surface area contributed by atoms with E-state index in [0.29, 0.717) is 6.54 Å². The Morgan fingerprint density at radius 1 is 1.22 bits per heavy atom. The van der Waals surface area contributed by atoms with E-state index in [9.17, 15) is 8.42 Å². The van der Waals surface area contributed by atoms with Crippen LogP contribution in [0.2, 0.25) is 0 Å². The first-order chi connectivity index (χ1) is 8.22. The van der Waals surface area contributed by atoms with Crippen LogP contribution in [0.15, 0.2) is 30.3 Å². The van der Waals surface area contributed by atoms with Gasteiger partial charge in [-0.05, 0) is 32.8 Å². The molecule has 0 spiro atoms. The molecule has 0 aromatic heterocycles. The molecule has 0 fully saturated rings. The summed E-state index contributed by atoms with van der Waals surface area (Å²) in [6.07, 6.45) is 2.19. The zero-order valence-corrected chi connectivity index (χ0v) is 12.4. The Morgan fingerprint density at radius 3 is 2.28 bits per heavy atom. The van der Waals surface area contributed by atoms with Crippen LogP contribution in [0.5, 0.6) is 0 Å². The van der Waals surface area contributed by atoms with E-state index in [1.165, 1.54) is 11.8 Å². The van der Waals surface area contributed by atoms with E-state index in [1.54, 1.807) is 13.8 Å². The van der Waals surface area contributed by atoms with Gasteiger partial charge < -0.3 is 5.32 Å². The smallest absolute Gasteiger partial charge is 0.153 e. The van der Waals surface area contributed by atoms with E-state index in [4.69, 9.17) is 0 Å². The van der Waals surface area contributed by atoms with Crippen molar-refractivity contribution < 1.29 is 8.42 Å². The van der Waals surface area contributed by atoms with Gasteiger partial charge >= 0.3 is 0 Å². The summed E-state index contributed by atoms with van der Waals surface area (Å²) in [4.78, 5) is 0. The number of hydrogen-bond acceptors (Lipinski definition) is 3. The second kappa shape index (κ2) is 5.85. The average Bonchev–Trinajstić information content (AvgIpc) is 2.26. The molecule has 0 saturated carbocycles. The molecule has 1 aromatic carbocycles. The van der Waals surface area contributed by atoms with Gasteiger partial charge in [0.05, 0.1) is 4.75 Å². The molecular formula is C14H23NO2S. The molecule has 0 radical (unpaired) electrons. The molecule has 0 saturated heterocycles. The van der Waals surface area contributed by atoms with Crippen molar-refractivity contribution in [3.63, 3.8) is 0 Å². The number of hydrogen-bond donors (Lipinski definition) is 1. The van der Waals surface area contributed by atoms with Crippen LogP contribution >= 0.6 is 0 Å². The topological polar surface area (TPSA) is 46.2 Å². The lowest BCUT2D eigenvalue weighted by atomic mass is 10.1. The summed E-state index contributed by atoms with van der Waals surface area (Å²) in [6, 6.07) is 10.5. The Morgan fingerprint density at radius 2 is 1.78 bits per heavy atom. The van der Waals surface area contributed by atoms with Crippen molar-refractivity contribution in [2.24, 2.45) is 0 Å². The van der Waals surface area contributed by atoms with E-state index in [-0.39, 0.29) is 6.04 Å². The summed E-state index contributed by atoms with van der Waals surface area (Å²) in [5.41, 5.74) is 1.26. The highest BCUT2D eigenvalue weighted by Gasteiger charge is 2.30. The summed E-state index contributed by atoms with van der Waals surface area (Å²) in [7, 11) is -3.03. The Hall–Kier alpha value is -0.870.